The zero-order chi connectivity index (χ0) is 28.6. The number of rotatable bonds is 11. The highest BCUT2D eigenvalue weighted by molar-refractivity contribution is 5.64. The zero-order valence-corrected chi connectivity index (χ0v) is 24.9. The monoisotopic (exact) mass is 559 g/mol. The van der Waals surface area contributed by atoms with Gasteiger partial charge in [0.2, 0.25) is 5.88 Å². The van der Waals surface area contributed by atoms with Gasteiger partial charge in [0.05, 0.1) is 14.2 Å². The molecule has 0 amide bonds. The van der Waals surface area contributed by atoms with Crippen LogP contribution in [0, 0.1) is 0 Å². The van der Waals surface area contributed by atoms with Gasteiger partial charge in [0.25, 0.3) is 0 Å². The highest BCUT2D eigenvalue weighted by atomic mass is 16.5. The second kappa shape index (κ2) is 13.9. The molecule has 41 heavy (non-hydrogen) atoms. The number of fused-ring (bicyclic) bond motifs is 1. The Morgan fingerprint density at radius 3 is 2.44 bits per heavy atom. The van der Waals surface area contributed by atoms with Crippen molar-refractivity contribution in [2.24, 2.45) is 0 Å². The Morgan fingerprint density at radius 1 is 0.951 bits per heavy atom. The van der Waals surface area contributed by atoms with E-state index in [9.17, 15) is 5.11 Å². The van der Waals surface area contributed by atoms with Gasteiger partial charge in [0.1, 0.15) is 12.4 Å². The Kier molecular flexibility index (Phi) is 9.88. The number of anilines is 1. The van der Waals surface area contributed by atoms with Crippen molar-refractivity contribution < 1.29 is 19.3 Å². The predicted octanol–water partition coefficient (Wildman–Crippen LogP) is 6.36. The fraction of sp³-hybridized carbons (Fsp3) is 0.500. The van der Waals surface area contributed by atoms with Crippen molar-refractivity contribution in [3.63, 3.8) is 0 Å². The molecule has 3 aromatic rings. The SMILES string of the molecule is CCN(Cc1ccc(OCCN2CCCCCC2)nc1)c1cc(OC)c(OC)cc1[C@@H]1CCc2cc(O)ccc2C1. The lowest BCUT2D eigenvalue weighted by Gasteiger charge is -2.32. The maximum absolute atomic E-state index is 9.96. The molecule has 220 valence electrons. The molecule has 7 nitrogen and oxygen atoms in total. The van der Waals surface area contributed by atoms with Crippen LogP contribution in [0.2, 0.25) is 0 Å². The van der Waals surface area contributed by atoms with Crippen LogP contribution in [-0.2, 0) is 19.4 Å². The molecule has 2 heterocycles. The largest absolute Gasteiger partial charge is 0.508 e. The van der Waals surface area contributed by atoms with Crippen molar-refractivity contribution in [3.8, 4) is 23.1 Å². The molecule has 2 aliphatic rings. The van der Waals surface area contributed by atoms with Crippen LogP contribution in [0.25, 0.3) is 0 Å². The summed E-state index contributed by atoms with van der Waals surface area (Å²) in [6.07, 6.45) is 10.1. The summed E-state index contributed by atoms with van der Waals surface area (Å²) >= 11 is 0. The number of nitrogens with zero attached hydrogens (tertiary/aromatic N) is 3. The number of aryl methyl sites for hydroxylation is 1. The third-order valence-electron chi connectivity index (χ3n) is 8.64. The Hall–Kier alpha value is -3.45. The van der Waals surface area contributed by atoms with Crippen LogP contribution >= 0.6 is 0 Å². The smallest absolute Gasteiger partial charge is 0.213 e. The van der Waals surface area contributed by atoms with E-state index in [0.717, 1.165) is 61.6 Å². The molecule has 1 atom stereocenters. The number of pyridine rings is 1. The van der Waals surface area contributed by atoms with Gasteiger partial charge in [0, 0.05) is 43.7 Å². The van der Waals surface area contributed by atoms with E-state index in [2.05, 4.69) is 46.0 Å². The van der Waals surface area contributed by atoms with Crippen molar-refractivity contribution in [2.75, 3.05) is 51.9 Å². The molecule has 0 bridgehead atoms. The summed E-state index contributed by atoms with van der Waals surface area (Å²) in [5.41, 5.74) is 6.12. The van der Waals surface area contributed by atoms with E-state index in [1.54, 1.807) is 20.3 Å². The summed E-state index contributed by atoms with van der Waals surface area (Å²) < 4.78 is 17.5. The number of hydrogen-bond acceptors (Lipinski definition) is 7. The van der Waals surface area contributed by atoms with Gasteiger partial charge >= 0.3 is 0 Å². The number of ether oxygens (including phenoxy) is 3. The molecule has 1 aromatic heterocycles. The van der Waals surface area contributed by atoms with Gasteiger partial charge in [-0.3, -0.25) is 4.90 Å². The molecule has 1 aliphatic heterocycles. The minimum atomic E-state index is 0.341. The molecule has 1 aliphatic carbocycles. The van der Waals surface area contributed by atoms with Crippen LogP contribution in [0.4, 0.5) is 5.69 Å². The number of phenols is 1. The third-order valence-corrected chi connectivity index (χ3v) is 8.64. The summed E-state index contributed by atoms with van der Waals surface area (Å²) in [7, 11) is 3.39. The number of methoxy groups -OCH3 is 2. The Morgan fingerprint density at radius 2 is 1.73 bits per heavy atom. The second-order valence-corrected chi connectivity index (χ2v) is 11.3. The topological polar surface area (TPSA) is 67.3 Å². The van der Waals surface area contributed by atoms with Crippen LogP contribution in [0.5, 0.6) is 23.1 Å². The van der Waals surface area contributed by atoms with E-state index in [-0.39, 0.29) is 0 Å². The molecule has 5 rings (SSSR count). The van der Waals surface area contributed by atoms with Crippen LogP contribution in [0.3, 0.4) is 0 Å². The summed E-state index contributed by atoms with van der Waals surface area (Å²) in [5.74, 6) is 2.85. The lowest BCUT2D eigenvalue weighted by atomic mass is 9.79. The second-order valence-electron chi connectivity index (χ2n) is 11.3. The first kappa shape index (κ1) is 29.1. The first-order valence-electron chi connectivity index (χ1n) is 15.2. The number of aromatic hydroxyl groups is 1. The molecule has 0 radical (unpaired) electrons. The molecular formula is C34H45N3O4. The van der Waals surface area contributed by atoms with E-state index >= 15 is 0 Å². The Balaban J connectivity index is 1.31. The van der Waals surface area contributed by atoms with E-state index in [1.165, 1.54) is 55.5 Å². The van der Waals surface area contributed by atoms with Crippen molar-refractivity contribution in [2.45, 2.75) is 64.3 Å². The minimum Gasteiger partial charge on any atom is -0.508 e. The van der Waals surface area contributed by atoms with E-state index in [1.807, 2.05) is 18.3 Å². The van der Waals surface area contributed by atoms with E-state index in [0.29, 0.717) is 24.2 Å². The Bertz CT molecular complexity index is 1270. The number of hydrogen-bond donors (Lipinski definition) is 1. The molecule has 0 spiro atoms. The van der Waals surface area contributed by atoms with Gasteiger partial charge in [0.15, 0.2) is 11.5 Å². The number of benzene rings is 2. The van der Waals surface area contributed by atoms with Crippen LogP contribution in [-0.4, -0.2) is 62.0 Å². The highest BCUT2D eigenvalue weighted by Crippen LogP contribution is 2.43. The van der Waals surface area contributed by atoms with Gasteiger partial charge in [-0.1, -0.05) is 25.0 Å². The van der Waals surface area contributed by atoms with Crippen molar-refractivity contribution in [1.82, 2.24) is 9.88 Å². The maximum Gasteiger partial charge on any atom is 0.213 e. The Labute approximate surface area is 245 Å². The molecule has 1 N–H and O–H groups in total. The van der Waals surface area contributed by atoms with Gasteiger partial charge in [-0.05, 0) is 98.5 Å². The molecule has 0 unspecified atom stereocenters. The normalized spacial score (nSPS) is 17.4. The third kappa shape index (κ3) is 7.25. The van der Waals surface area contributed by atoms with Crippen LogP contribution < -0.4 is 19.1 Å². The molecule has 2 aromatic carbocycles. The standard InChI is InChI=1S/C34H45N3O4/c1-4-37(24-25-9-14-34(35-23-25)41-18-17-36-15-7-5-6-8-16-36)31-22-33(40-3)32(39-2)21-30(31)28-11-10-27-20-29(38)13-12-26(27)19-28/h9,12-14,20-23,28,38H,4-8,10-11,15-19,24H2,1-3H3/t28-/m1/s1. The lowest BCUT2D eigenvalue weighted by Crippen LogP contribution is -2.29. The number of phenolic OH excluding ortho intramolecular Hbond substituents is 1. The summed E-state index contributed by atoms with van der Waals surface area (Å²) in [6, 6.07) is 14.2. The van der Waals surface area contributed by atoms with Crippen molar-refractivity contribution in [3.05, 3.63) is 70.9 Å². The highest BCUT2D eigenvalue weighted by Gasteiger charge is 2.26. The fourth-order valence-corrected chi connectivity index (χ4v) is 6.31. The van der Waals surface area contributed by atoms with E-state index in [4.69, 9.17) is 14.2 Å². The van der Waals surface area contributed by atoms with Gasteiger partial charge in [-0.25, -0.2) is 4.98 Å². The summed E-state index contributed by atoms with van der Waals surface area (Å²) in [6.45, 7) is 7.75. The summed E-state index contributed by atoms with van der Waals surface area (Å²) in [5, 5.41) is 9.96. The average Bonchev–Trinajstić information content (AvgIpc) is 3.28. The quantitative estimate of drug-likeness (QED) is 0.293. The minimum absolute atomic E-state index is 0.341. The first-order chi connectivity index (χ1) is 20.1. The molecule has 0 saturated carbocycles. The molecule has 1 fully saturated rings. The van der Waals surface area contributed by atoms with E-state index < -0.39 is 0 Å². The lowest BCUT2D eigenvalue weighted by molar-refractivity contribution is 0.209. The first-order valence-corrected chi connectivity index (χ1v) is 15.2. The van der Waals surface area contributed by atoms with Crippen LogP contribution in [0.1, 0.15) is 67.2 Å². The van der Waals surface area contributed by atoms with Crippen LogP contribution in [0.15, 0.2) is 48.7 Å². The average molecular weight is 560 g/mol. The zero-order valence-electron chi connectivity index (χ0n) is 24.9. The van der Waals surface area contributed by atoms with Gasteiger partial charge in [-0.15, -0.1) is 0 Å². The predicted molar refractivity (Wildman–Crippen MR) is 164 cm³/mol. The number of aromatic nitrogens is 1. The fourth-order valence-electron chi connectivity index (χ4n) is 6.31. The number of likely N-dealkylation sites (tertiary alicyclic amines) is 1. The van der Waals surface area contributed by atoms with Gasteiger partial charge < -0.3 is 24.2 Å². The summed E-state index contributed by atoms with van der Waals surface area (Å²) in [4.78, 5) is 9.53. The molecule has 7 heteroatoms. The molecule has 1 saturated heterocycles. The maximum atomic E-state index is 9.96. The molecular weight excluding hydrogens is 514 g/mol. The van der Waals surface area contributed by atoms with Crippen molar-refractivity contribution in [1.29, 1.82) is 0 Å². The van der Waals surface area contributed by atoms with Gasteiger partial charge in [-0.2, -0.15) is 0 Å². The van der Waals surface area contributed by atoms with Crippen molar-refractivity contribution >= 4 is 5.69 Å².